The number of benzene rings is 1. The third-order valence-corrected chi connectivity index (χ3v) is 3.15. The fourth-order valence-electron chi connectivity index (χ4n) is 2.15. The molecule has 112 valence electrons. The monoisotopic (exact) mass is 278 g/mol. The summed E-state index contributed by atoms with van der Waals surface area (Å²) in [4.78, 5) is 12.2. The Balaban J connectivity index is 2.58. The van der Waals surface area contributed by atoms with Gasteiger partial charge in [-0.2, -0.15) is 0 Å². The van der Waals surface area contributed by atoms with E-state index in [4.69, 9.17) is 0 Å². The topological polar surface area (TPSA) is 61.4 Å². The predicted molar refractivity (Wildman–Crippen MR) is 81.9 cm³/mol. The van der Waals surface area contributed by atoms with E-state index in [0.717, 1.165) is 18.5 Å². The van der Waals surface area contributed by atoms with Gasteiger partial charge in [0.05, 0.1) is 6.10 Å². The zero-order valence-corrected chi connectivity index (χ0v) is 12.6. The van der Waals surface area contributed by atoms with Gasteiger partial charge in [0.2, 0.25) is 0 Å². The van der Waals surface area contributed by atoms with Crippen molar-refractivity contribution in [3.8, 4) is 0 Å². The number of amides is 1. The van der Waals surface area contributed by atoms with E-state index in [1.807, 2.05) is 31.3 Å². The zero-order chi connectivity index (χ0) is 15.0. The second-order valence-corrected chi connectivity index (χ2v) is 5.50. The first kappa shape index (κ1) is 16.7. The Morgan fingerprint density at radius 2 is 2.00 bits per heavy atom. The van der Waals surface area contributed by atoms with Crippen molar-refractivity contribution >= 4 is 5.91 Å². The molecule has 1 atom stereocenters. The molecule has 0 aliphatic rings. The fourth-order valence-corrected chi connectivity index (χ4v) is 2.15. The van der Waals surface area contributed by atoms with Crippen LogP contribution in [-0.4, -0.2) is 37.3 Å². The smallest absolute Gasteiger partial charge is 0.251 e. The van der Waals surface area contributed by atoms with Crippen molar-refractivity contribution in [1.82, 2.24) is 10.6 Å². The number of hydrogen-bond donors (Lipinski definition) is 3. The number of carbonyl (C=O) groups excluding carboxylic acids is 1. The summed E-state index contributed by atoms with van der Waals surface area (Å²) >= 11 is 0. The van der Waals surface area contributed by atoms with Gasteiger partial charge in [-0.1, -0.05) is 32.0 Å². The summed E-state index contributed by atoms with van der Waals surface area (Å²) in [6.45, 7) is 5.24. The van der Waals surface area contributed by atoms with Crippen molar-refractivity contribution in [2.45, 2.75) is 32.8 Å². The normalized spacial score (nSPS) is 12.4. The molecule has 0 radical (unpaired) electrons. The predicted octanol–water partition coefficient (Wildman–Crippen LogP) is 1.59. The molecule has 0 saturated heterocycles. The van der Waals surface area contributed by atoms with Crippen molar-refractivity contribution in [3.63, 3.8) is 0 Å². The van der Waals surface area contributed by atoms with Crippen molar-refractivity contribution < 1.29 is 9.90 Å². The van der Waals surface area contributed by atoms with Crippen LogP contribution >= 0.6 is 0 Å². The largest absolute Gasteiger partial charge is 0.391 e. The van der Waals surface area contributed by atoms with Crippen LogP contribution < -0.4 is 10.6 Å². The first-order valence-electron chi connectivity index (χ1n) is 7.23. The van der Waals surface area contributed by atoms with E-state index in [1.165, 1.54) is 0 Å². The molecule has 0 aliphatic heterocycles. The molecule has 0 bridgehead atoms. The van der Waals surface area contributed by atoms with Gasteiger partial charge in [-0.05, 0) is 44.0 Å². The van der Waals surface area contributed by atoms with Crippen LogP contribution in [0.25, 0.3) is 0 Å². The molecular weight excluding hydrogens is 252 g/mol. The van der Waals surface area contributed by atoms with Gasteiger partial charge in [-0.15, -0.1) is 0 Å². The summed E-state index contributed by atoms with van der Waals surface area (Å²) in [5.74, 6) is 0.310. The third-order valence-electron chi connectivity index (χ3n) is 3.15. The van der Waals surface area contributed by atoms with Crippen LogP contribution in [0.1, 0.15) is 36.2 Å². The molecule has 1 aromatic rings. The number of likely N-dealkylation sites (N-methyl/N-ethyl adjacent to an activating group) is 1. The lowest BCUT2D eigenvalue weighted by Crippen LogP contribution is -2.33. The molecule has 0 fully saturated rings. The molecule has 1 aromatic carbocycles. The van der Waals surface area contributed by atoms with Crippen LogP contribution in [-0.2, 0) is 6.42 Å². The first-order chi connectivity index (χ1) is 9.54. The van der Waals surface area contributed by atoms with Crippen LogP contribution in [0, 0.1) is 5.92 Å². The fraction of sp³-hybridized carbons (Fsp3) is 0.562. The van der Waals surface area contributed by atoms with E-state index in [1.54, 1.807) is 0 Å². The van der Waals surface area contributed by atoms with Gasteiger partial charge < -0.3 is 15.7 Å². The standard InChI is InChI=1S/C16H26N2O2/c1-12(2)10-14(19)11-18-16(20)15-7-5-4-6-13(15)8-9-17-3/h4-7,12,14,17,19H,8-11H2,1-3H3,(H,18,20). The zero-order valence-electron chi connectivity index (χ0n) is 12.6. The molecule has 0 saturated carbocycles. The van der Waals surface area contributed by atoms with Gasteiger partial charge in [-0.25, -0.2) is 0 Å². The minimum atomic E-state index is -0.483. The molecule has 0 spiro atoms. The van der Waals surface area contributed by atoms with Crippen LogP contribution in [0.4, 0.5) is 0 Å². The summed E-state index contributed by atoms with van der Waals surface area (Å²) in [5, 5.41) is 15.7. The Bertz CT molecular complexity index is 419. The highest BCUT2D eigenvalue weighted by Crippen LogP contribution is 2.10. The quantitative estimate of drug-likeness (QED) is 0.676. The number of rotatable bonds is 8. The second kappa shape index (κ2) is 8.72. The van der Waals surface area contributed by atoms with Crippen LogP contribution in [0.15, 0.2) is 24.3 Å². The lowest BCUT2D eigenvalue weighted by Gasteiger charge is -2.15. The summed E-state index contributed by atoms with van der Waals surface area (Å²) in [5.41, 5.74) is 1.72. The Morgan fingerprint density at radius 1 is 1.30 bits per heavy atom. The molecule has 4 nitrogen and oxygen atoms in total. The summed E-state index contributed by atoms with van der Waals surface area (Å²) in [6.07, 6.45) is 1.03. The van der Waals surface area contributed by atoms with E-state index in [-0.39, 0.29) is 5.91 Å². The lowest BCUT2D eigenvalue weighted by atomic mass is 10.0. The average Bonchev–Trinajstić information content (AvgIpc) is 2.42. The third kappa shape index (κ3) is 5.72. The molecule has 1 unspecified atom stereocenters. The van der Waals surface area contributed by atoms with Crippen LogP contribution in [0.2, 0.25) is 0 Å². The van der Waals surface area contributed by atoms with E-state index in [0.29, 0.717) is 24.4 Å². The maximum Gasteiger partial charge on any atom is 0.251 e. The lowest BCUT2D eigenvalue weighted by molar-refractivity contribution is 0.0899. The van der Waals surface area contributed by atoms with E-state index in [2.05, 4.69) is 24.5 Å². The molecule has 3 N–H and O–H groups in total. The van der Waals surface area contributed by atoms with Gasteiger partial charge in [0, 0.05) is 12.1 Å². The minimum Gasteiger partial charge on any atom is -0.391 e. The van der Waals surface area contributed by atoms with E-state index in [9.17, 15) is 9.90 Å². The summed E-state index contributed by atoms with van der Waals surface area (Å²) < 4.78 is 0. The van der Waals surface area contributed by atoms with Crippen molar-refractivity contribution in [2.75, 3.05) is 20.1 Å². The Kier molecular flexibility index (Phi) is 7.26. The van der Waals surface area contributed by atoms with Gasteiger partial charge in [0.15, 0.2) is 0 Å². The summed E-state index contributed by atoms with van der Waals surface area (Å²) in [7, 11) is 1.89. The Hall–Kier alpha value is -1.39. The van der Waals surface area contributed by atoms with Gasteiger partial charge >= 0.3 is 0 Å². The van der Waals surface area contributed by atoms with Crippen molar-refractivity contribution in [2.24, 2.45) is 5.92 Å². The molecule has 1 amide bonds. The van der Waals surface area contributed by atoms with Gasteiger partial charge in [0.1, 0.15) is 0 Å². The van der Waals surface area contributed by atoms with Crippen molar-refractivity contribution in [1.29, 1.82) is 0 Å². The molecule has 0 aliphatic carbocycles. The van der Waals surface area contributed by atoms with Crippen LogP contribution in [0.3, 0.4) is 0 Å². The minimum absolute atomic E-state index is 0.112. The SMILES string of the molecule is CNCCc1ccccc1C(=O)NCC(O)CC(C)C. The number of nitrogens with one attached hydrogen (secondary N) is 2. The van der Waals surface area contributed by atoms with Crippen molar-refractivity contribution in [3.05, 3.63) is 35.4 Å². The van der Waals surface area contributed by atoms with E-state index < -0.39 is 6.10 Å². The van der Waals surface area contributed by atoms with Gasteiger partial charge in [0.25, 0.3) is 5.91 Å². The highest BCUT2D eigenvalue weighted by Gasteiger charge is 2.13. The van der Waals surface area contributed by atoms with E-state index >= 15 is 0 Å². The number of aliphatic hydroxyl groups excluding tert-OH is 1. The Morgan fingerprint density at radius 3 is 2.65 bits per heavy atom. The molecule has 4 heteroatoms. The maximum atomic E-state index is 12.2. The average molecular weight is 278 g/mol. The number of carbonyl (C=O) groups is 1. The maximum absolute atomic E-state index is 12.2. The molecule has 1 rings (SSSR count). The molecular formula is C16H26N2O2. The molecule has 20 heavy (non-hydrogen) atoms. The van der Waals surface area contributed by atoms with Gasteiger partial charge in [-0.3, -0.25) is 4.79 Å². The summed E-state index contributed by atoms with van der Waals surface area (Å²) in [6, 6.07) is 7.60. The Labute approximate surface area is 121 Å². The molecule has 0 aromatic heterocycles. The second-order valence-electron chi connectivity index (χ2n) is 5.50. The highest BCUT2D eigenvalue weighted by atomic mass is 16.3. The molecule has 0 heterocycles. The number of aliphatic hydroxyl groups is 1. The van der Waals surface area contributed by atoms with Crippen LogP contribution in [0.5, 0.6) is 0 Å². The number of hydrogen-bond acceptors (Lipinski definition) is 3. The highest BCUT2D eigenvalue weighted by molar-refractivity contribution is 5.95. The first-order valence-corrected chi connectivity index (χ1v) is 7.23.